The number of nitrogens with one attached hydrogen (secondary N) is 2. The minimum atomic E-state index is -0.201. The summed E-state index contributed by atoms with van der Waals surface area (Å²) in [7, 11) is 2.19. The molecule has 0 atom stereocenters. The lowest BCUT2D eigenvalue weighted by molar-refractivity contribution is -0.103. The molecule has 2 aromatic heterocycles. The SMILES string of the molecule is CN1CC2(C1)CN(CCc1cccc(NC(=O)c3ccc4[nH]c(-c5cc(-c6cccnc6Cl)ccc5O)nc4c3)c1)C2. The molecular weight excluding hydrogens is 548 g/mol. The van der Waals surface area contributed by atoms with E-state index < -0.39 is 0 Å². The number of carbonyl (C=O) groups is 1. The number of phenolic OH excluding ortho intramolecular Hbond substituents is 1. The van der Waals surface area contributed by atoms with E-state index in [2.05, 4.69) is 44.3 Å². The van der Waals surface area contributed by atoms with E-state index in [0.29, 0.717) is 33.0 Å². The molecule has 2 saturated heterocycles. The van der Waals surface area contributed by atoms with Gasteiger partial charge in [-0.15, -0.1) is 0 Å². The summed E-state index contributed by atoms with van der Waals surface area (Å²) in [6, 6.07) is 22.3. The maximum atomic E-state index is 13.2. The molecule has 3 N–H and O–H groups in total. The number of hydrogen-bond donors (Lipinski definition) is 3. The van der Waals surface area contributed by atoms with Gasteiger partial charge in [-0.1, -0.05) is 29.8 Å². The molecule has 212 valence electrons. The fourth-order valence-electron chi connectivity index (χ4n) is 6.42. The van der Waals surface area contributed by atoms with E-state index in [1.165, 1.54) is 31.7 Å². The van der Waals surface area contributed by atoms with Crippen LogP contribution in [0.4, 0.5) is 5.69 Å². The first kappa shape index (κ1) is 26.6. The van der Waals surface area contributed by atoms with Gasteiger partial charge < -0.3 is 25.2 Å². The highest BCUT2D eigenvalue weighted by molar-refractivity contribution is 6.32. The van der Waals surface area contributed by atoms with E-state index in [1.54, 1.807) is 30.5 Å². The summed E-state index contributed by atoms with van der Waals surface area (Å²) >= 11 is 6.29. The standard InChI is InChI=1S/C33H31ClN6O2/c1-39-17-33(18-39)19-40(20-33)13-11-21-4-2-5-24(14-21)36-32(42)23-7-9-27-28(16-23)38-31(37-27)26-15-22(8-10-29(26)41)25-6-3-12-35-30(25)34/h2-10,12,14-16,41H,11,13,17-20H2,1H3,(H,36,42)(H,37,38). The van der Waals surface area contributed by atoms with Crippen molar-refractivity contribution in [2.75, 3.05) is 45.1 Å². The van der Waals surface area contributed by atoms with Gasteiger partial charge in [0.25, 0.3) is 5.91 Å². The highest BCUT2D eigenvalue weighted by atomic mass is 35.5. The monoisotopic (exact) mass is 578 g/mol. The number of halogens is 1. The third kappa shape index (κ3) is 5.13. The Morgan fingerprint density at radius 1 is 1.02 bits per heavy atom. The van der Waals surface area contributed by atoms with E-state index in [9.17, 15) is 9.90 Å². The number of pyridine rings is 1. The molecule has 3 aromatic carbocycles. The van der Waals surface area contributed by atoms with Gasteiger partial charge in [0.15, 0.2) is 0 Å². The number of fused-ring (bicyclic) bond motifs is 1. The van der Waals surface area contributed by atoms with Gasteiger partial charge in [0.05, 0.1) is 16.6 Å². The largest absolute Gasteiger partial charge is 0.507 e. The van der Waals surface area contributed by atoms with Gasteiger partial charge in [-0.3, -0.25) is 4.79 Å². The average Bonchev–Trinajstić information content (AvgIpc) is 3.38. The predicted molar refractivity (Wildman–Crippen MR) is 166 cm³/mol. The van der Waals surface area contributed by atoms with Crippen LogP contribution in [0.3, 0.4) is 0 Å². The Bertz CT molecular complexity index is 1800. The lowest BCUT2D eigenvalue weighted by Gasteiger charge is -2.59. The number of H-pyrrole nitrogens is 1. The Labute approximate surface area is 249 Å². The highest BCUT2D eigenvalue weighted by Crippen LogP contribution is 2.38. The Morgan fingerprint density at radius 3 is 2.69 bits per heavy atom. The third-order valence-corrected chi connectivity index (χ3v) is 8.60. The van der Waals surface area contributed by atoms with Crippen molar-refractivity contribution >= 4 is 34.2 Å². The van der Waals surface area contributed by atoms with Gasteiger partial charge in [0.1, 0.15) is 16.7 Å². The summed E-state index contributed by atoms with van der Waals surface area (Å²) < 4.78 is 0. The molecule has 0 saturated carbocycles. The van der Waals surface area contributed by atoms with E-state index in [1.807, 2.05) is 36.4 Å². The molecule has 42 heavy (non-hydrogen) atoms. The summed E-state index contributed by atoms with van der Waals surface area (Å²) in [5, 5.41) is 14.0. The first-order valence-corrected chi connectivity index (χ1v) is 14.5. The van der Waals surface area contributed by atoms with Crippen molar-refractivity contribution in [1.82, 2.24) is 24.8 Å². The molecule has 0 unspecified atom stereocenters. The van der Waals surface area contributed by atoms with Crippen LogP contribution in [0, 0.1) is 5.41 Å². The van der Waals surface area contributed by atoms with E-state index >= 15 is 0 Å². The Hall–Kier alpha value is -4.24. The third-order valence-electron chi connectivity index (χ3n) is 8.30. The van der Waals surface area contributed by atoms with E-state index in [4.69, 9.17) is 16.6 Å². The van der Waals surface area contributed by atoms with Crippen molar-refractivity contribution in [3.63, 3.8) is 0 Å². The molecule has 0 radical (unpaired) electrons. The summed E-state index contributed by atoms with van der Waals surface area (Å²) in [5.74, 6) is 0.375. The number of anilines is 1. The molecule has 0 bridgehead atoms. The van der Waals surface area contributed by atoms with Crippen molar-refractivity contribution in [2.45, 2.75) is 6.42 Å². The average molecular weight is 579 g/mol. The molecule has 2 aliphatic rings. The number of aromatic nitrogens is 3. The van der Waals surface area contributed by atoms with Gasteiger partial charge in [0.2, 0.25) is 0 Å². The minimum absolute atomic E-state index is 0.0833. The molecule has 7 rings (SSSR count). The lowest BCUT2D eigenvalue weighted by Crippen LogP contribution is -2.71. The van der Waals surface area contributed by atoms with Crippen LogP contribution in [-0.2, 0) is 6.42 Å². The van der Waals surface area contributed by atoms with Crippen molar-refractivity contribution in [2.24, 2.45) is 5.41 Å². The first-order chi connectivity index (χ1) is 20.3. The second kappa shape index (κ2) is 10.5. The van der Waals surface area contributed by atoms with Crippen LogP contribution >= 0.6 is 11.6 Å². The number of imidazole rings is 1. The minimum Gasteiger partial charge on any atom is -0.507 e. The topological polar surface area (TPSA) is 97.4 Å². The zero-order valence-corrected chi connectivity index (χ0v) is 24.0. The number of phenols is 1. The number of likely N-dealkylation sites (tertiary alicyclic amines) is 2. The second-order valence-corrected chi connectivity index (χ2v) is 12.0. The molecule has 2 aliphatic heterocycles. The Balaban J connectivity index is 1.04. The maximum absolute atomic E-state index is 13.2. The van der Waals surface area contributed by atoms with Crippen LogP contribution in [0.25, 0.3) is 33.5 Å². The Kier molecular flexibility index (Phi) is 6.69. The number of benzene rings is 3. The number of nitrogens with zero attached hydrogens (tertiary/aromatic N) is 4. The quantitative estimate of drug-likeness (QED) is 0.215. The molecule has 4 heterocycles. The molecule has 2 fully saturated rings. The zero-order chi connectivity index (χ0) is 28.8. The fourth-order valence-corrected chi connectivity index (χ4v) is 6.65. The van der Waals surface area contributed by atoms with Gasteiger partial charge in [0, 0.05) is 61.1 Å². The van der Waals surface area contributed by atoms with Crippen molar-refractivity contribution in [1.29, 1.82) is 0 Å². The van der Waals surface area contributed by atoms with Crippen LogP contribution in [0.1, 0.15) is 15.9 Å². The molecule has 8 nitrogen and oxygen atoms in total. The molecule has 0 aliphatic carbocycles. The summed E-state index contributed by atoms with van der Waals surface area (Å²) in [5.41, 5.74) is 6.51. The van der Waals surface area contributed by atoms with Gasteiger partial charge in [-0.2, -0.15) is 0 Å². The van der Waals surface area contributed by atoms with Gasteiger partial charge in [-0.25, -0.2) is 9.97 Å². The number of aromatic amines is 1. The fraction of sp³-hybridized carbons (Fsp3) is 0.242. The number of carbonyl (C=O) groups excluding carboxylic acids is 1. The smallest absolute Gasteiger partial charge is 0.255 e. The number of rotatable bonds is 7. The lowest BCUT2D eigenvalue weighted by atomic mass is 9.73. The predicted octanol–water partition coefficient (Wildman–Crippen LogP) is 5.69. The molecule has 1 amide bonds. The number of aromatic hydroxyl groups is 1. The van der Waals surface area contributed by atoms with Crippen molar-refractivity contribution < 1.29 is 9.90 Å². The molecule has 5 aromatic rings. The van der Waals surface area contributed by atoms with Crippen LogP contribution in [0.15, 0.2) is 79.0 Å². The van der Waals surface area contributed by atoms with E-state index in [0.717, 1.165) is 35.3 Å². The maximum Gasteiger partial charge on any atom is 0.255 e. The summed E-state index contributed by atoms with van der Waals surface area (Å²) in [6.45, 7) is 5.85. The first-order valence-electron chi connectivity index (χ1n) is 14.1. The number of amides is 1. The van der Waals surface area contributed by atoms with Crippen LogP contribution in [0.2, 0.25) is 5.15 Å². The molecule has 9 heteroatoms. The summed E-state index contributed by atoms with van der Waals surface area (Å²) in [6.07, 6.45) is 2.59. The van der Waals surface area contributed by atoms with Crippen molar-refractivity contribution in [3.8, 4) is 28.3 Å². The Morgan fingerprint density at radius 2 is 1.88 bits per heavy atom. The second-order valence-electron chi connectivity index (χ2n) is 11.7. The number of hydrogen-bond acceptors (Lipinski definition) is 6. The normalized spacial score (nSPS) is 16.3. The van der Waals surface area contributed by atoms with Crippen LogP contribution in [0.5, 0.6) is 5.75 Å². The van der Waals surface area contributed by atoms with Gasteiger partial charge >= 0.3 is 0 Å². The molecule has 1 spiro atoms. The highest BCUT2D eigenvalue weighted by Gasteiger charge is 2.49. The molecular formula is C33H31ClN6O2. The van der Waals surface area contributed by atoms with Gasteiger partial charge in [-0.05, 0) is 79.2 Å². The van der Waals surface area contributed by atoms with E-state index in [-0.39, 0.29) is 11.7 Å². The summed E-state index contributed by atoms with van der Waals surface area (Å²) in [4.78, 5) is 30.2. The zero-order valence-electron chi connectivity index (χ0n) is 23.3. The van der Waals surface area contributed by atoms with Crippen LogP contribution < -0.4 is 5.32 Å². The van der Waals surface area contributed by atoms with Crippen molar-refractivity contribution in [3.05, 3.63) is 95.3 Å². The van der Waals surface area contributed by atoms with Crippen LogP contribution in [-0.4, -0.2) is 75.5 Å².